The maximum absolute atomic E-state index is 10.1. The van der Waals surface area contributed by atoms with Gasteiger partial charge in [-0.05, 0) is 30.8 Å². The largest absolute Gasteiger partial charge is 0.542 e. The number of ketones is 2. The number of hydrogen-bond donors (Lipinski definition) is 0. The first-order valence-electron chi connectivity index (χ1n) is 8.97. The molecule has 0 spiro atoms. The van der Waals surface area contributed by atoms with Gasteiger partial charge in [0.2, 0.25) is 0 Å². The number of carboxylic acids is 1. The number of benzene rings is 3. The zero-order valence-corrected chi connectivity index (χ0v) is 19.4. The zero-order chi connectivity index (χ0) is 22.4. The van der Waals surface area contributed by atoms with Gasteiger partial charge in [0.1, 0.15) is 18.5 Å². The molecule has 0 saturated heterocycles. The summed E-state index contributed by atoms with van der Waals surface area (Å²) in [5, 5.41) is 13.8. The Hall–Kier alpha value is -2.81. The van der Waals surface area contributed by atoms with Crippen LogP contribution in [0.15, 0.2) is 91.0 Å². The van der Waals surface area contributed by atoms with Crippen LogP contribution < -0.4 is 21.0 Å². The molecule has 0 aliphatic heterocycles. The van der Waals surface area contributed by atoms with Crippen molar-refractivity contribution in [3.8, 4) is 0 Å². The molecule has 0 saturated carbocycles. The van der Waals surface area contributed by atoms with Crippen molar-refractivity contribution in [2.24, 2.45) is 0 Å². The van der Waals surface area contributed by atoms with E-state index in [0.717, 1.165) is 6.92 Å². The second-order valence-electron chi connectivity index (χ2n) is 5.93. The molecule has 0 amide bonds. The molecule has 0 aliphatic carbocycles. The molecule has 0 unspecified atom stereocenters. The van der Waals surface area contributed by atoms with E-state index < -0.39 is 31.9 Å². The Balaban J connectivity index is 0.000000644. The number of carboxylic acid groups (broad SMARTS) is 1. The third-order valence-electron chi connectivity index (χ3n) is 3.68. The Morgan fingerprint density at radius 3 is 1.19 bits per heavy atom. The summed E-state index contributed by atoms with van der Waals surface area (Å²) in [6.07, 6.45) is -0.567. The molecule has 31 heavy (non-hydrogen) atoms. The summed E-state index contributed by atoms with van der Waals surface area (Å²) in [6, 6.07) is 32.3. The van der Waals surface area contributed by atoms with Crippen molar-refractivity contribution in [1.82, 2.24) is 0 Å². The average Bonchev–Trinajstić information content (AvgIpc) is 2.78. The Morgan fingerprint density at radius 1 is 0.710 bits per heavy atom. The van der Waals surface area contributed by atoms with Crippen LogP contribution in [0.2, 0.25) is 0 Å². The van der Waals surface area contributed by atoms with E-state index in [-0.39, 0.29) is 19.5 Å². The number of hydrogen-bond acceptors (Lipinski definition) is 5. The molecule has 0 atom stereocenters. The van der Waals surface area contributed by atoms with Gasteiger partial charge in [0.15, 0.2) is 5.78 Å². The number of carbonyl (C=O) groups is 4. The molecule has 0 aromatic heterocycles. The van der Waals surface area contributed by atoms with Crippen LogP contribution in [0.1, 0.15) is 13.3 Å². The second-order valence-corrected chi connectivity index (χ2v) is 8.15. The van der Waals surface area contributed by atoms with E-state index in [2.05, 4.69) is 91.0 Å². The van der Waals surface area contributed by atoms with Gasteiger partial charge in [0.25, 0.3) is 0 Å². The second kappa shape index (κ2) is 16.0. The van der Waals surface area contributed by atoms with Crippen molar-refractivity contribution in [2.75, 3.05) is 0 Å². The van der Waals surface area contributed by atoms with E-state index in [0.29, 0.717) is 0 Å². The van der Waals surface area contributed by atoms with Crippen molar-refractivity contribution in [1.29, 1.82) is 0 Å². The first-order valence-corrected chi connectivity index (χ1v) is 10.3. The summed E-state index contributed by atoms with van der Waals surface area (Å²) in [4.78, 5) is 37.7. The number of rotatable bonds is 6. The van der Waals surface area contributed by atoms with Crippen LogP contribution in [0, 0.1) is 0 Å². The smallest absolute Gasteiger partial charge is 0.185 e. The zero-order valence-electron chi connectivity index (χ0n) is 16.9. The van der Waals surface area contributed by atoms with Gasteiger partial charge in [0.05, 0.1) is 6.42 Å². The first-order chi connectivity index (χ1) is 14.5. The summed E-state index contributed by atoms with van der Waals surface area (Å²) in [7, 11) is -0.446. The number of carbonyl (C=O) groups excluding carboxylic acids is 4. The number of aliphatic carboxylic acids is 1. The fourth-order valence-corrected chi connectivity index (χ4v) is 4.78. The Bertz CT molecular complexity index is 840. The van der Waals surface area contributed by atoms with Gasteiger partial charge in [0, 0.05) is 19.5 Å². The van der Waals surface area contributed by atoms with E-state index >= 15 is 0 Å². The van der Waals surface area contributed by atoms with E-state index in [1.54, 1.807) is 0 Å². The molecule has 1 radical (unpaired) electrons. The molecule has 3 aromatic carbocycles. The molecule has 0 aliphatic rings. The first kappa shape index (κ1) is 28.2. The molecular weight excluding hydrogens is 502 g/mol. The molecule has 163 valence electrons. The molecule has 0 heterocycles. The molecule has 3 aromatic rings. The van der Waals surface area contributed by atoms with Gasteiger partial charge >= 0.3 is 0 Å². The predicted molar refractivity (Wildman–Crippen MR) is 118 cm³/mol. The molecular formula is C24H22O5PRh-. The van der Waals surface area contributed by atoms with Crippen LogP contribution in [0.4, 0.5) is 0 Å². The Morgan fingerprint density at radius 2 is 1.00 bits per heavy atom. The molecule has 0 fully saturated rings. The minimum absolute atomic E-state index is 0. The topological polar surface area (TPSA) is 91.3 Å². The Kier molecular flexibility index (Phi) is 14.5. The normalized spacial score (nSPS) is 9.10. The van der Waals surface area contributed by atoms with Crippen LogP contribution in [-0.2, 0) is 38.7 Å². The van der Waals surface area contributed by atoms with E-state index in [9.17, 15) is 19.5 Å². The van der Waals surface area contributed by atoms with E-state index in [4.69, 9.17) is 4.79 Å². The average molecular weight is 524 g/mol. The van der Waals surface area contributed by atoms with Crippen LogP contribution in [-0.4, -0.2) is 24.3 Å². The van der Waals surface area contributed by atoms with Gasteiger partial charge in [-0.3, -0.25) is 9.59 Å². The summed E-state index contributed by atoms with van der Waals surface area (Å²) in [5.74, 6) is -3.43. The third-order valence-corrected chi connectivity index (χ3v) is 6.12. The molecule has 3 rings (SSSR count). The fourth-order valence-electron chi connectivity index (χ4n) is 2.48. The summed E-state index contributed by atoms with van der Waals surface area (Å²) >= 11 is 0. The van der Waals surface area contributed by atoms with E-state index in [1.165, 1.54) is 15.9 Å². The van der Waals surface area contributed by atoms with Gasteiger partial charge in [-0.15, -0.1) is 0 Å². The van der Waals surface area contributed by atoms with Crippen LogP contribution in [0.5, 0.6) is 0 Å². The van der Waals surface area contributed by atoms with Crippen molar-refractivity contribution in [2.45, 2.75) is 13.3 Å². The van der Waals surface area contributed by atoms with Crippen LogP contribution in [0.3, 0.4) is 0 Å². The number of Topliss-reactive ketones (excluding diaryl/α,β-unsaturated/α-hetero) is 2. The van der Waals surface area contributed by atoms with Gasteiger partial charge in [-0.2, -0.15) is 0 Å². The summed E-state index contributed by atoms with van der Waals surface area (Å²) < 4.78 is 0. The Labute approximate surface area is 196 Å². The van der Waals surface area contributed by atoms with Crippen molar-refractivity contribution in [3.05, 3.63) is 91.0 Å². The van der Waals surface area contributed by atoms with Crippen molar-refractivity contribution in [3.63, 3.8) is 0 Å². The SMILES string of the molecule is C=O.CC(=O)CC(=O)C(=O)[O-].[Rh].c1ccc(P(c2ccccc2)c2ccccc2)cc1. The van der Waals surface area contributed by atoms with Crippen LogP contribution >= 0.6 is 7.92 Å². The standard InChI is InChI=1S/C18H15P.C5H6O4.CH2O.Rh/c1-4-10-16(11-5-1)19(17-12-6-2-7-13-17)18-14-8-3-9-15-18;1-3(6)2-4(7)5(8)9;1-2;/h1-15H;2H2,1H3,(H,8,9);1H2;/p-1. The molecule has 0 bridgehead atoms. The minimum Gasteiger partial charge on any atom is -0.542 e. The molecule has 0 N–H and O–H groups in total. The maximum Gasteiger partial charge on any atom is 0.185 e. The third kappa shape index (κ3) is 10.2. The van der Waals surface area contributed by atoms with Gasteiger partial charge < -0.3 is 14.7 Å². The maximum atomic E-state index is 10.1. The minimum atomic E-state index is -1.80. The molecule has 5 nitrogen and oxygen atoms in total. The van der Waals surface area contributed by atoms with E-state index in [1.807, 2.05) is 6.79 Å². The monoisotopic (exact) mass is 524 g/mol. The summed E-state index contributed by atoms with van der Waals surface area (Å²) in [5.41, 5.74) is 0. The van der Waals surface area contributed by atoms with Crippen molar-refractivity contribution < 1.29 is 43.8 Å². The van der Waals surface area contributed by atoms with Gasteiger partial charge in [-0.25, -0.2) is 0 Å². The predicted octanol–water partition coefficient (Wildman–Crippen LogP) is 1.54. The van der Waals surface area contributed by atoms with Crippen LogP contribution in [0.25, 0.3) is 0 Å². The summed E-state index contributed by atoms with van der Waals surface area (Å²) in [6.45, 7) is 3.14. The van der Waals surface area contributed by atoms with Gasteiger partial charge in [-0.1, -0.05) is 91.0 Å². The molecule has 7 heteroatoms. The quantitative estimate of drug-likeness (QED) is 0.211. The van der Waals surface area contributed by atoms with Crippen molar-refractivity contribution >= 4 is 48.2 Å². The fraction of sp³-hybridized carbons (Fsp3) is 0.0833.